The number of aromatic nitrogens is 2. The van der Waals surface area contributed by atoms with E-state index in [1.165, 1.54) is 12.1 Å². The lowest BCUT2D eigenvalue weighted by Crippen LogP contribution is -2.14. The molecule has 2 heterocycles. The summed E-state index contributed by atoms with van der Waals surface area (Å²) in [6.45, 7) is 0. The molecule has 70 heavy (non-hydrogen) atoms. The van der Waals surface area contributed by atoms with Crippen LogP contribution in [0.4, 0.5) is 26.3 Å². The standard InChI is InChI=1S/C59H31F6N5/c60-58(61,62)49-8-5-9-50(59(63,64)65)57(49)42-21-25-46(56(31-42)70-52-11-4-2-7-44(52)48-30-41(23-27-54(48)70)39-19-14-36(33-67)15-20-39)45-24-16-37(34-68)28-55(45)69-51-10-3-1-6-43(51)47-29-40(22-26-53(47)69)38-17-12-35(32-66)13-18-38/h1-31H. The molecule has 0 unspecified atom stereocenters. The Hall–Kier alpha value is -9.37. The number of para-hydroxylation sites is 2. The van der Waals surface area contributed by atoms with Gasteiger partial charge in [0.2, 0.25) is 0 Å². The van der Waals surface area contributed by atoms with Crippen molar-refractivity contribution in [1.82, 2.24) is 9.13 Å². The van der Waals surface area contributed by atoms with Gasteiger partial charge in [0.05, 0.1) is 79.5 Å². The van der Waals surface area contributed by atoms with E-state index in [2.05, 4.69) is 24.3 Å². The molecule has 0 spiro atoms. The lowest BCUT2D eigenvalue weighted by atomic mass is 9.90. The molecule has 0 aliphatic carbocycles. The predicted molar refractivity (Wildman–Crippen MR) is 261 cm³/mol. The van der Waals surface area contributed by atoms with E-state index in [1.54, 1.807) is 48.5 Å². The molecule has 9 aromatic carbocycles. The van der Waals surface area contributed by atoms with Gasteiger partial charge in [0.25, 0.3) is 0 Å². The summed E-state index contributed by atoms with van der Waals surface area (Å²) in [5.41, 5.74) is 5.26. The zero-order chi connectivity index (χ0) is 48.5. The molecule has 0 radical (unpaired) electrons. The van der Waals surface area contributed by atoms with E-state index in [1.807, 2.05) is 112 Å². The normalized spacial score (nSPS) is 11.8. The maximum atomic E-state index is 14.9. The van der Waals surface area contributed by atoms with Crippen LogP contribution >= 0.6 is 0 Å². The van der Waals surface area contributed by atoms with Crippen molar-refractivity contribution in [3.63, 3.8) is 0 Å². The summed E-state index contributed by atoms with van der Waals surface area (Å²) in [7, 11) is 0. The van der Waals surface area contributed by atoms with Crippen molar-refractivity contribution in [2.75, 3.05) is 0 Å². The Kier molecular flexibility index (Phi) is 10.2. The number of rotatable bonds is 6. The second-order valence-corrected chi connectivity index (χ2v) is 16.8. The summed E-state index contributed by atoms with van der Waals surface area (Å²) in [6, 6.07) is 59.4. The number of benzene rings is 9. The Labute approximate surface area is 395 Å². The van der Waals surface area contributed by atoms with Gasteiger partial charge in [-0.25, -0.2) is 0 Å². The first-order valence-corrected chi connectivity index (χ1v) is 21.9. The predicted octanol–water partition coefficient (Wildman–Crippen LogP) is 16.2. The molecule has 334 valence electrons. The monoisotopic (exact) mass is 923 g/mol. The van der Waals surface area contributed by atoms with Crippen LogP contribution in [0.15, 0.2) is 188 Å². The molecular weight excluding hydrogens is 893 g/mol. The molecule has 0 N–H and O–H groups in total. The van der Waals surface area contributed by atoms with Crippen LogP contribution in [0, 0.1) is 34.0 Å². The third kappa shape index (κ3) is 7.18. The van der Waals surface area contributed by atoms with Crippen molar-refractivity contribution in [3.05, 3.63) is 216 Å². The van der Waals surface area contributed by atoms with Gasteiger partial charge in [-0.2, -0.15) is 42.1 Å². The number of halogens is 6. The summed E-state index contributed by atoms with van der Waals surface area (Å²) in [4.78, 5) is 0. The van der Waals surface area contributed by atoms with Crippen LogP contribution in [0.3, 0.4) is 0 Å². The van der Waals surface area contributed by atoms with Gasteiger partial charge in [0, 0.05) is 38.2 Å². The van der Waals surface area contributed by atoms with Gasteiger partial charge in [-0.05, 0) is 119 Å². The molecule has 0 bridgehead atoms. The van der Waals surface area contributed by atoms with Crippen molar-refractivity contribution < 1.29 is 26.3 Å². The van der Waals surface area contributed by atoms with Crippen LogP contribution < -0.4 is 0 Å². The van der Waals surface area contributed by atoms with Gasteiger partial charge in [-0.15, -0.1) is 0 Å². The molecule has 5 nitrogen and oxygen atoms in total. The van der Waals surface area contributed by atoms with Crippen LogP contribution in [-0.4, -0.2) is 9.13 Å². The van der Waals surface area contributed by atoms with Gasteiger partial charge in [-0.3, -0.25) is 0 Å². The Morgan fingerprint density at radius 2 is 0.714 bits per heavy atom. The smallest absolute Gasteiger partial charge is 0.309 e. The Bertz CT molecular complexity index is 4030. The Morgan fingerprint density at radius 1 is 0.329 bits per heavy atom. The van der Waals surface area contributed by atoms with E-state index in [4.69, 9.17) is 0 Å². The fourth-order valence-corrected chi connectivity index (χ4v) is 9.75. The van der Waals surface area contributed by atoms with E-state index < -0.39 is 29.0 Å². The number of fused-ring (bicyclic) bond motifs is 6. The second kappa shape index (κ2) is 16.4. The SMILES string of the molecule is N#Cc1ccc(-c2ccc3c(c2)c2ccccc2n3-c2cc(C#N)ccc2-c2ccc(-c3c(C(F)(F)F)cccc3C(F)(F)F)cc2-n2c3ccccc3c3cc(-c4ccc(C#N)cc4)ccc32)cc1. The van der Waals surface area contributed by atoms with Gasteiger partial charge in [-0.1, -0.05) is 97.1 Å². The van der Waals surface area contributed by atoms with Crippen LogP contribution in [0.1, 0.15) is 27.8 Å². The molecule has 11 rings (SSSR count). The number of hydrogen-bond donors (Lipinski definition) is 0. The summed E-state index contributed by atoms with van der Waals surface area (Å²) in [6.07, 6.45) is -10.3. The molecule has 0 aliphatic rings. The van der Waals surface area contributed by atoms with Crippen molar-refractivity contribution >= 4 is 43.6 Å². The summed E-state index contributed by atoms with van der Waals surface area (Å²) < 4.78 is 93.4. The summed E-state index contributed by atoms with van der Waals surface area (Å²) >= 11 is 0. The van der Waals surface area contributed by atoms with Crippen molar-refractivity contribution in [2.24, 2.45) is 0 Å². The molecule has 0 saturated heterocycles. The Balaban J connectivity index is 1.23. The zero-order valence-corrected chi connectivity index (χ0v) is 36.4. The highest BCUT2D eigenvalue weighted by Gasteiger charge is 2.41. The highest BCUT2D eigenvalue weighted by molar-refractivity contribution is 6.13. The number of alkyl halides is 6. The molecule has 11 heteroatoms. The minimum atomic E-state index is -5.14. The summed E-state index contributed by atoms with van der Waals surface area (Å²) in [5, 5.41) is 32.6. The zero-order valence-electron chi connectivity index (χ0n) is 36.4. The quantitative estimate of drug-likeness (QED) is 0.156. The van der Waals surface area contributed by atoms with Crippen LogP contribution in [0.5, 0.6) is 0 Å². The maximum absolute atomic E-state index is 14.9. The first kappa shape index (κ1) is 43.2. The van der Waals surface area contributed by atoms with Gasteiger partial charge < -0.3 is 9.13 Å². The van der Waals surface area contributed by atoms with E-state index in [-0.39, 0.29) is 11.3 Å². The van der Waals surface area contributed by atoms with Crippen molar-refractivity contribution in [2.45, 2.75) is 12.4 Å². The molecule has 0 saturated carbocycles. The molecule has 2 aromatic heterocycles. The van der Waals surface area contributed by atoms with Crippen LogP contribution in [0.25, 0.3) is 99.5 Å². The fraction of sp³-hybridized carbons (Fsp3) is 0.0339. The molecule has 0 fully saturated rings. The third-order valence-electron chi connectivity index (χ3n) is 12.9. The molecular formula is C59H31F6N5. The molecule has 0 amide bonds. The second-order valence-electron chi connectivity index (χ2n) is 16.8. The minimum Gasteiger partial charge on any atom is -0.309 e. The average Bonchev–Trinajstić information content (AvgIpc) is 3.89. The molecule has 0 aliphatic heterocycles. The van der Waals surface area contributed by atoms with E-state index in [0.29, 0.717) is 56.7 Å². The molecule has 0 atom stereocenters. The van der Waals surface area contributed by atoms with Gasteiger partial charge >= 0.3 is 12.4 Å². The largest absolute Gasteiger partial charge is 0.417 e. The molecule has 11 aromatic rings. The van der Waals surface area contributed by atoms with E-state index in [9.17, 15) is 42.1 Å². The van der Waals surface area contributed by atoms with Gasteiger partial charge in [0.1, 0.15) is 0 Å². The lowest BCUT2D eigenvalue weighted by molar-refractivity contribution is -0.142. The highest BCUT2D eigenvalue weighted by atomic mass is 19.4. The first-order valence-electron chi connectivity index (χ1n) is 21.9. The Morgan fingerprint density at radius 3 is 1.17 bits per heavy atom. The topological polar surface area (TPSA) is 81.2 Å². The third-order valence-corrected chi connectivity index (χ3v) is 12.9. The van der Waals surface area contributed by atoms with Crippen molar-refractivity contribution in [1.29, 1.82) is 15.8 Å². The lowest BCUT2D eigenvalue weighted by Gasteiger charge is -2.22. The maximum Gasteiger partial charge on any atom is 0.417 e. The highest BCUT2D eigenvalue weighted by Crippen LogP contribution is 2.48. The minimum absolute atomic E-state index is 0.287. The van der Waals surface area contributed by atoms with E-state index >= 15 is 0 Å². The number of hydrogen-bond acceptors (Lipinski definition) is 3. The number of nitrogens with zero attached hydrogens (tertiary/aromatic N) is 5. The average molecular weight is 924 g/mol. The van der Waals surface area contributed by atoms with Crippen molar-refractivity contribution in [3.8, 4) is 74.1 Å². The first-order chi connectivity index (χ1) is 33.8. The fourth-order valence-electron chi connectivity index (χ4n) is 9.75. The number of nitriles is 3. The summed E-state index contributed by atoms with van der Waals surface area (Å²) in [5.74, 6) is 0. The van der Waals surface area contributed by atoms with Crippen LogP contribution in [-0.2, 0) is 12.4 Å². The van der Waals surface area contributed by atoms with Gasteiger partial charge in [0.15, 0.2) is 0 Å². The van der Waals surface area contributed by atoms with Crippen LogP contribution in [0.2, 0.25) is 0 Å². The van der Waals surface area contributed by atoms with E-state index in [0.717, 1.165) is 60.9 Å².